The predicted molar refractivity (Wildman–Crippen MR) is 60.5 cm³/mol. The molecular weight excluding hydrogens is 188 g/mol. The van der Waals surface area contributed by atoms with Crippen molar-refractivity contribution in [1.82, 2.24) is 0 Å². The maximum absolute atomic E-state index is 11.0. The molecule has 0 saturated heterocycles. The lowest BCUT2D eigenvalue weighted by molar-refractivity contribution is -0.147. The number of unbranched alkanes of at least 4 members (excludes halogenated alkanes) is 1. The minimum atomic E-state index is -0.208. The average molecular weight is 206 g/mol. The maximum atomic E-state index is 11.0. The fraction of sp³-hybridized carbons (Fsp3) is 0.462. The van der Waals surface area contributed by atoms with E-state index < -0.39 is 0 Å². The lowest BCUT2D eigenvalue weighted by Gasteiger charge is -2.16. The minimum Gasteiger partial charge on any atom is -0.458 e. The molecule has 0 fully saturated rings. The Balaban J connectivity index is 2.67. The normalized spacial score (nSPS) is 12.1. The Morgan fingerprint density at radius 3 is 2.53 bits per heavy atom. The van der Waals surface area contributed by atoms with Crippen molar-refractivity contribution in [3.8, 4) is 0 Å². The zero-order chi connectivity index (χ0) is 11.1. The highest BCUT2D eigenvalue weighted by Crippen LogP contribution is 2.23. The van der Waals surface area contributed by atoms with Gasteiger partial charge in [0, 0.05) is 6.92 Å². The fourth-order valence-electron chi connectivity index (χ4n) is 1.55. The molecule has 0 N–H and O–H groups in total. The van der Waals surface area contributed by atoms with Gasteiger partial charge in [-0.2, -0.15) is 0 Å². The van der Waals surface area contributed by atoms with Gasteiger partial charge in [0.25, 0.3) is 0 Å². The quantitative estimate of drug-likeness (QED) is 0.689. The molecule has 0 spiro atoms. The molecule has 2 nitrogen and oxygen atoms in total. The number of benzene rings is 1. The number of carbonyl (C=O) groups excluding carboxylic acids is 1. The molecule has 2 heteroatoms. The van der Waals surface area contributed by atoms with E-state index in [1.807, 2.05) is 30.3 Å². The Hall–Kier alpha value is -1.31. The zero-order valence-electron chi connectivity index (χ0n) is 9.40. The molecule has 1 atom stereocenters. The summed E-state index contributed by atoms with van der Waals surface area (Å²) in [7, 11) is 0. The van der Waals surface area contributed by atoms with Crippen LogP contribution in [0.5, 0.6) is 0 Å². The summed E-state index contributed by atoms with van der Waals surface area (Å²) in [6.07, 6.45) is 3.01. The summed E-state index contributed by atoms with van der Waals surface area (Å²) in [5.74, 6) is -0.208. The van der Waals surface area contributed by atoms with E-state index in [9.17, 15) is 4.79 Å². The molecule has 15 heavy (non-hydrogen) atoms. The zero-order valence-corrected chi connectivity index (χ0v) is 9.40. The van der Waals surface area contributed by atoms with E-state index in [4.69, 9.17) is 4.74 Å². The van der Waals surface area contributed by atoms with Gasteiger partial charge in [-0.3, -0.25) is 4.79 Å². The van der Waals surface area contributed by atoms with Crippen molar-refractivity contribution in [2.75, 3.05) is 0 Å². The summed E-state index contributed by atoms with van der Waals surface area (Å²) in [6, 6.07) is 9.91. The van der Waals surface area contributed by atoms with E-state index >= 15 is 0 Å². The smallest absolute Gasteiger partial charge is 0.303 e. The molecule has 0 aromatic heterocycles. The van der Waals surface area contributed by atoms with Crippen LogP contribution in [0.3, 0.4) is 0 Å². The summed E-state index contributed by atoms with van der Waals surface area (Å²) in [5.41, 5.74) is 1.08. The van der Waals surface area contributed by atoms with Gasteiger partial charge < -0.3 is 4.74 Å². The predicted octanol–water partition coefficient (Wildman–Crippen LogP) is 3.48. The molecule has 0 saturated carbocycles. The first-order chi connectivity index (χ1) is 7.24. The Morgan fingerprint density at radius 2 is 2.00 bits per heavy atom. The molecule has 0 radical (unpaired) electrons. The second-order valence-electron chi connectivity index (χ2n) is 3.65. The van der Waals surface area contributed by atoms with Crippen molar-refractivity contribution in [1.29, 1.82) is 0 Å². The Kier molecular flexibility index (Phi) is 4.88. The van der Waals surface area contributed by atoms with Crippen LogP contribution in [-0.2, 0) is 9.53 Å². The van der Waals surface area contributed by atoms with Crippen LogP contribution in [-0.4, -0.2) is 5.97 Å². The first-order valence-corrected chi connectivity index (χ1v) is 5.46. The van der Waals surface area contributed by atoms with E-state index in [2.05, 4.69) is 6.92 Å². The van der Waals surface area contributed by atoms with Crippen molar-refractivity contribution in [2.45, 2.75) is 39.2 Å². The Morgan fingerprint density at radius 1 is 1.33 bits per heavy atom. The number of carbonyl (C=O) groups is 1. The van der Waals surface area contributed by atoms with E-state index in [-0.39, 0.29) is 12.1 Å². The van der Waals surface area contributed by atoms with Crippen molar-refractivity contribution in [2.24, 2.45) is 0 Å². The number of hydrogen-bond donors (Lipinski definition) is 0. The topological polar surface area (TPSA) is 26.3 Å². The third-order valence-electron chi connectivity index (χ3n) is 2.30. The lowest BCUT2D eigenvalue weighted by atomic mass is 10.0. The molecule has 0 aliphatic rings. The van der Waals surface area contributed by atoms with Gasteiger partial charge >= 0.3 is 5.97 Å². The van der Waals surface area contributed by atoms with Crippen molar-refractivity contribution in [3.05, 3.63) is 35.9 Å². The molecule has 0 heterocycles. The van der Waals surface area contributed by atoms with Crippen LogP contribution >= 0.6 is 0 Å². The third-order valence-corrected chi connectivity index (χ3v) is 2.30. The molecule has 1 aromatic carbocycles. The summed E-state index contributed by atoms with van der Waals surface area (Å²) >= 11 is 0. The summed E-state index contributed by atoms with van der Waals surface area (Å²) in [4.78, 5) is 11.0. The van der Waals surface area contributed by atoms with E-state index in [0.717, 1.165) is 24.8 Å². The number of esters is 1. The van der Waals surface area contributed by atoms with Crippen LogP contribution in [0, 0.1) is 0 Å². The summed E-state index contributed by atoms with van der Waals surface area (Å²) in [6.45, 7) is 3.59. The number of hydrogen-bond acceptors (Lipinski definition) is 2. The van der Waals surface area contributed by atoms with Crippen LogP contribution < -0.4 is 0 Å². The van der Waals surface area contributed by atoms with Crippen molar-refractivity contribution >= 4 is 5.97 Å². The van der Waals surface area contributed by atoms with Gasteiger partial charge in [0.2, 0.25) is 0 Å². The van der Waals surface area contributed by atoms with Crippen LogP contribution in [0.15, 0.2) is 30.3 Å². The van der Waals surface area contributed by atoms with Crippen molar-refractivity contribution in [3.63, 3.8) is 0 Å². The van der Waals surface area contributed by atoms with Gasteiger partial charge in [-0.05, 0) is 18.4 Å². The van der Waals surface area contributed by atoms with Crippen LogP contribution in [0.2, 0.25) is 0 Å². The van der Waals surface area contributed by atoms with Gasteiger partial charge in [-0.15, -0.1) is 0 Å². The highest BCUT2D eigenvalue weighted by molar-refractivity contribution is 5.66. The second kappa shape index (κ2) is 6.23. The average Bonchev–Trinajstić information content (AvgIpc) is 2.25. The molecule has 0 bridgehead atoms. The first kappa shape index (κ1) is 11.8. The Labute approximate surface area is 91.3 Å². The van der Waals surface area contributed by atoms with Crippen LogP contribution in [0.1, 0.15) is 44.8 Å². The van der Waals surface area contributed by atoms with Gasteiger partial charge in [-0.1, -0.05) is 43.7 Å². The number of ether oxygens (including phenoxy) is 1. The first-order valence-electron chi connectivity index (χ1n) is 5.46. The minimum absolute atomic E-state index is 0.0800. The van der Waals surface area contributed by atoms with Gasteiger partial charge in [0.15, 0.2) is 0 Å². The van der Waals surface area contributed by atoms with Gasteiger partial charge in [-0.25, -0.2) is 0 Å². The van der Waals surface area contributed by atoms with E-state index in [1.165, 1.54) is 6.92 Å². The highest BCUT2D eigenvalue weighted by atomic mass is 16.5. The SMILES string of the molecule is CCCC[C@H](OC(C)=O)c1ccccc1. The second-order valence-corrected chi connectivity index (χ2v) is 3.65. The Bertz CT molecular complexity index is 293. The lowest BCUT2D eigenvalue weighted by Crippen LogP contribution is -2.08. The summed E-state index contributed by atoms with van der Waals surface area (Å²) in [5, 5.41) is 0. The van der Waals surface area contributed by atoms with Crippen LogP contribution in [0.4, 0.5) is 0 Å². The van der Waals surface area contributed by atoms with Gasteiger partial charge in [0.05, 0.1) is 0 Å². The monoisotopic (exact) mass is 206 g/mol. The molecule has 1 rings (SSSR count). The molecule has 1 aromatic rings. The van der Waals surface area contributed by atoms with Crippen molar-refractivity contribution < 1.29 is 9.53 Å². The molecule has 0 amide bonds. The molecule has 0 aliphatic heterocycles. The fourth-order valence-corrected chi connectivity index (χ4v) is 1.55. The van der Waals surface area contributed by atoms with E-state index in [0.29, 0.717) is 0 Å². The number of rotatable bonds is 5. The largest absolute Gasteiger partial charge is 0.458 e. The molecule has 82 valence electrons. The van der Waals surface area contributed by atoms with Crippen LogP contribution in [0.25, 0.3) is 0 Å². The standard InChI is InChI=1S/C13H18O2/c1-3-4-10-13(15-11(2)14)12-8-6-5-7-9-12/h5-9,13H,3-4,10H2,1-2H3/t13-/m0/s1. The molecular formula is C13H18O2. The maximum Gasteiger partial charge on any atom is 0.303 e. The van der Waals surface area contributed by atoms with Gasteiger partial charge in [0.1, 0.15) is 6.10 Å². The van der Waals surface area contributed by atoms with E-state index in [1.54, 1.807) is 0 Å². The molecule has 0 aliphatic carbocycles. The summed E-state index contributed by atoms with van der Waals surface area (Å²) < 4.78 is 5.30. The third kappa shape index (κ3) is 4.15. The molecule has 0 unspecified atom stereocenters. The highest BCUT2D eigenvalue weighted by Gasteiger charge is 2.13.